The van der Waals surface area contributed by atoms with Gasteiger partial charge < -0.3 is 10.6 Å². The monoisotopic (exact) mass is 455 g/mol. The number of benzene rings is 3. The van der Waals surface area contributed by atoms with Crippen molar-refractivity contribution >= 4 is 22.6 Å². The van der Waals surface area contributed by atoms with E-state index < -0.39 is 6.04 Å². The second-order valence-corrected chi connectivity index (χ2v) is 8.77. The quantitative estimate of drug-likeness (QED) is 0.421. The number of fused-ring (bicyclic) bond motifs is 1. The van der Waals surface area contributed by atoms with Crippen molar-refractivity contribution in [2.75, 3.05) is 0 Å². The molecule has 1 aromatic heterocycles. The Morgan fingerprint density at radius 2 is 1.65 bits per heavy atom. The molecule has 0 bridgehead atoms. The van der Waals surface area contributed by atoms with E-state index in [4.69, 9.17) is 0 Å². The number of hydrogen-bond acceptors (Lipinski definition) is 4. The third kappa shape index (κ3) is 5.31. The van der Waals surface area contributed by atoms with Crippen LogP contribution in [0.5, 0.6) is 0 Å². The lowest BCUT2D eigenvalue weighted by Crippen LogP contribution is -2.50. The largest absolute Gasteiger partial charge is 0.348 e. The maximum Gasteiger partial charge on any atom is 0.243 e. The van der Waals surface area contributed by atoms with Crippen molar-refractivity contribution in [1.29, 1.82) is 0 Å². The average Bonchev–Trinajstić information content (AvgIpc) is 3.38. The Morgan fingerprint density at radius 1 is 0.912 bits per heavy atom. The van der Waals surface area contributed by atoms with Crippen molar-refractivity contribution in [3.63, 3.8) is 0 Å². The van der Waals surface area contributed by atoms with Crippen LogP contribution in [-0.2, 0) is 16.0 Å². The van der Waals surface area contributed by atoms with Gasteiger partial charge in [-0.2, -0.15) is 5.10 Å². The summed E-state index contributed by atoms with van der Waals surface area (Å²) in [6, 6.07) is 20.8. The van der Waals surface area contributed by atoms with Gasteiger partial charge in [-0.05, 0) is 46.9 Å². The van der Waals surface area contributed by atoms with Crippen LogP contribution >= 0.6 is 0 Å². The zero-order chi connectivity index (χ0) is 24.1. The van der Waals surface area contributed by atoms with Crippen LogP contribution in [0.4, 0.5) is 0 Å². The highest BCUT2D eigenvalue weighted by Crippen LogP contribution is 2.19. The predicted octanol–water partition coefficient (Wildman–Crippen LogP) is 3.98. The van der Waals surface area contributed by atoms with Crippen LogP contribution in [0.25, 0.3) is 16.5 Å². The normalized spacial score (nSPS) is 12.9. The summed E-state index contributed by atoms with van der Waals surface area (Å²) in [5.74, 6) is -0.428. The van der Waals surface area contributed by atoms with Crippen LogP contribution in [0.15, 0.2) is 79.4 Å². The highest BCUT2D eigenvalue weighted by atomic mass is 16.2. The molecule has 0 spiro atoms. The molecule has 0 radical (unpaired) electrons. The lowest BCUT2D eigenvalue weighted by atomic mass is 9.99. The first kappa shape index (κ1) is 23.2. The first-order valence-corrected chi connectivity index (χ1v) is 11.4. The molecule has 1 heterocycles. The van der Waals surface area contributed by atoms with E-state index in [0.717, 1.165) is 27.6 Å². The van der Waals surface area contributed by atoms with Gasteiger partial charge in [0.15, 0.2) is 0 Å². The molecule has 2 amide bonds. The van der Waals surface area contributed by atoms with Crippen LogP contribution in [0, 0.1) is 5.92 Å². The summed E-state index contributed by atoms with van der Waals surface area (Å²) in [4.78, 5) is 29.9. The summed E-state index contributed by atoms with van der Waals surface area (Å²) in [6.45, 7) is 5.79. The molecule has 174 valence electrons. The highest BCUT2D eigenvalue weighted by Gasteiger charge is 2.25. The molecule has 4 aromatic rings. The van der Waals surface area contributed by atoms with Gasteiger partial charge >= 0.3 is 0 Å². The van der Waals surface area contributed by atoms with E-state index in [1.54, 1.807) is 11.0 Å². The van der Waals surface area contributed by atoms with E-state index in [9.17, 15) is 9.59 Å². The second kappa shape index (κ2) is 10.3. The number of hydrogen-bond donors (Lipinski definition) is 2. The third-order valence-corrected chi connectivity index (χ3v) is 5.93. The lowest BCUT2D eigenvalue weighted by molar-refractivity contribution is -0.130. The second-order valence-electron chi connectivity index (χ2n) is 8.77. The van der Waals surface area contributed by atoms with E-state index in [1.807, 2.05) is 87.5 Å². The zero-order valence-corrected chi connectivity index (χ0v) is 19.6. The number of amides is 2. The molecule has 0 aliphatic carbocycles. The van der Waals surface area contributed by atoms with Gasteiger partial charge in [-0.25, -0.2) is 9.67 Å². The highest BCUT2D eigenvalue weighted by molar-refractivity contribution is 5.92. The summed E-state index contributed by atoms with van der Waals surface area (Å²) in [5, 5.41) is 12.3. The van der Waals surface area contributed by atoms with Crippen molar-refractivity contribution in [1.82, 2.24) is 25.4 Å². The van der Waals surface area contributed by atoms with Crippen LogP contribution < -0.4 is 10.6 Å². The molecule has 0 aliphatic rings. The minimum Gasteiger partial charge on any atom is -0.348 e. The van der Waals surface area contributed by atoms with Gasteiger partial charge in [0.1, 0.15) is 18.7 Å². The molecule has 0 saturated heterocycles. The van der Waals surface area contributed by atoms with Crippen molar-refractivity contribution < 1.29 is 9.59 Å². The smallest absolute Gasteiger partial charge is 0.243 e. The molecule has 0 aliphatic heterocycles. The van der Waals surface area contributed by atoms with E-state index in [2.05, 4.69) is 20.7 Å². The fourth-order valence-corrected chi connectivity index (χ4v) is 4.02. The van der Waals surface area contributed by atoms with E-state index >= 15 is 0 Å². The van der Waals surface area contributed by atoms with Crippen LogP contribution in [0.1, 0.15) is 37.9 Å². The molecule has 3 aromatic carbocycles. The Morgan fingerprint density at radius 3 is 2.35 bits per heavy atom. The van der Waals surface area contributed by atoms with Gasteiger partial charge in [0, 0.05) is 0 Å². The molecule has 7 heteroatoms. The molecule has 4 rings (SSSR count). The third-order valence-electron chi connectivity index (χ3n) is 5.93. The van der Waals surface area contributed by atoms with Gasteiger partial charge in [-0.3, -0.25) is 9.59 Å². The zero-order valence-electron chi connectivity index (χ0n) is 19.6. The van der Waals surface area contributed by atoms with E-state index in [-0.39, 0.29) is 30.2 Å². The number of nitrogens with one attached hydrogen (secondary N) is 2. The molecule has 2 atom stereocenters. The Labute approximate surface area is 199 Å². The molecule has 0 fully saturated rings. The maximum absolute atomic E-state index is 13.1. The van der Waals surface area contributed by atoms with Gasteiger partial charge in [0.25, 0.3) is 0 Å². The van der Waals surface area contributed by atoms with E-state index in [1.165, 1.54) is 6.33 Å². The minimum absolute atomic E-state index is 0.0571. The molecule has 7 nitrogen and oxygen atoms in total. The first-order valence-electron chi connectivity index (χ1n) is 11.4. The maximum atomic E-state index is 13.1. The lowest BCUT2D eigenvalue weighted by Gasteiger charge is -2.24. The fourth-order valence-electron chi connectivity index (χ4n) is 4.02. The molecule has 0 saturated carbocycles. The van der Waals surface area contributed by atoms with Crippen LogP contribution in [0.3, 0.4) is 0 Å². The Kier molecular flexibility index (Phi) is 7.01. The minimum atomic E-state index is -0.626. The number of carbonyl (C=O) groups excluding carboxylic acids is 2. The standard InChI is InChI=1S/C27H29N5O2/c1-18(2)26(31-25(33)15-22-9-6-8-21-7-4-5-10-24(21)22)27(34)30-19(3)20-11-13-23(14-12-20)32-17-28-16-29-32/h4-14,16-19,26H,15H2,1-3H3,(H,30,34)(H,31,33)/t19-,26-/m0/s1. The molecule has 34 heavy (non-hydrogen) atoms. The van der Waals surface area contributed by atoms with Crippen molar-refractivity contribution in [2.24, 2.45) is 5.92 Å². The molecule has 2 N–H and O–H groups in total. The van der Waals surface area contributed by atoms with E-state index in [0.29, 0.717) is 0 Å². The van der Waals surface area contributed by atoms with Crippen molar-refractivity contribution in [3.8, 4) is 5.69 Å². The predicted molar refractivity (Wildman–Crippen MR) is 132 cm³/mol. The van der Waals surface area contributed by atoms with Gasteiger partial charge in [-0.15, -0.1) is 0 Å². The van der Waals surface area contributed by atoms with Gasteiger partial charge in [-0.1, -0.05) is 68.4 Å². The Balaban J connectivity index is 1.40. The average molecular weight is 456 g/mol. The SMILES string of the molecule is CC(C)[C@H](NC(=O)Cc1cccc2ccccc12)C(=O)N[C@@H](C)c1ccc(-n2cncn2)cc1. The Hall–Kier alpha value is -4.00. The topological polar surface area (TPSA) is 88.9 Å². The van der Waals surface area contributed by atoms with Crippen LogP contribution in [-0.4, -0.2) is 32.6 Å². The number of aromatic nitrogens is 3. The van der Waals surface area contributed by atoms with Crippen molar-refractivity contribution in [2.45, 2.75) is 39.3 Å². The van der Waals surface area contributed by atoms with Crippen molar-refractivity contribution in [3.05, 3.63) is 90.5 Å². The van der Waals surface area contributed by atoms with Gasteiger partial charge in [0.2, 0.25) is 11.8 Å². The number of rotatable bonds is 8. The molecular formula is C27H29N5O2. The summed E-state index contributed by atoms with van der Waals surface area (Å²) >= 11 is 0. The summed E-state index contributed by atoms with van der Waals surface area (Å²) in [7, 11) is 0. The van der Waals surface area contributed by atoms with Crippen LogP contribution in [0.2, 0.25) is 0 Å². The Bertz CT molecular complexity index is 1260. The molecule has 0 unspecified atom stereocenters. The first-order chi connectivity index (χ1) is 16.4. The summed E-state index contributed by atoms with van der Waals surface area (Å²) in [6.07, 6.45) is 3.34. The van der Waals surface area contributed by atoms with Gasteiger partial charge in [0.05, 0.1) is 18.2 Å². The molecular weight excluding hydrogens is 426 g/mol. The summed E-state index contributed by atoms with van der Waals surface area (Å²) < 4.78 is 1.67. The fraction of sp³-hybridized carbons (Fsp3) is 0.259. The number of carbonyl (C=O) groups is 2. The number of nitrogens with zero attached hydrogens (tertiary/aromatic N) is 3. The summed E-state index contributed by atoms with van der Waals surface area (Å²) in [5.41, 5.74) is 2.79.